The molecule has 0 amide bonds. The summed E-state index contributed by atoms with van der Waals surface area (Å²) in [4.78, 5) is 4.40. The van der Waals surface area contributed by atoms with Gasteiger partial charge in [-0.15, -0.1) is 0 Å². The second-order valence-corrected chi connectivity index (χ2v) is 6.73. The number of benzene rings is 1. The first-order valence-electron chi connectivity index (χ1n) is 6.43. The third-order valence-electron chi connectivity index (χ3n) is 3.38. The van der Waals surface area contributed by atoms with Crippen LogP contribution < -0.4 is 9.04 Å². The fourth-order valence-corrected chi connectivity index (χ4v) is 3.08. The zero-order valence-electron chi connectivity index (χ0n) is 12.5. The maximum atomic E-state index is 12.6. The molecule has 5 nitrogen and oxygen atoms in total. The van der Waals surface area contributed by atoms with Crippen molar-refractivity contribution < 1.29 is 13.2 Å². The van der Waals surface area contributed by atoms with Gasteiger partial charge in [0.2, 0.25) is 5.88 Å². The van der Waals surface area contributed by atoms with E-state index in [1.807, 2.05) is 13.8 Å². The van der Waals surface area contributed by atoms with E-state index in [4.69, 9.17) is 4.74 Å². The van der Waals surface area contributed by atoms with Crippen molar-refractivity contribution in [3.8, 4) is 5.88 Å². The lowest BCUT2D eigenvalue weighted by Crippen LogP contribution is -2.27. The lowest BCUT2D eigenvalue weighted by Gasteiger charge is -2.19. The summed E-state index contributed by atoms with van der Waals surface area (Å²) in [6.07, 6.45) is 0. The first kappa shape index (κ1) is 15.3. The van der Waals surface area contributed by atoms with E-state index in [-0.39, 0.29) is 4.90 Å². The lowest BCUT2D eigenvalue weighted by atomic mass is 10.1. The van der Waals surface area contributed by atoms with Crippen LogP contribution in [0.3, 0.4) is 0 Å². The number of aryl methyl sites for hydroxylation is 2. The molecule has 0 aliphatic rings. The fourth-order valence-electron chi connectivity index (χ4n) is 1.85. The SMILES string of the molecule is COc1cccc(N(C)S(=O)(=O)c2ccc(C)c(C)c2)n1. The van der Waals surface area contributed by atoms with Gasteiger partial charge in [0.25, 0.3) is 10.0 Å². The maximum Gasteiger partial charge on any atom is 0.265 e. The predicted octanol–water partition coefficient (Wildman–Crippen LogP) is 2.53. The van der Waals surface area contributed by atoms with Gasteiger partial charge >= 0.3 is 0 Å². The van der Waals surface area contributed by atoms with E-state index in [9.17, 15) is 8.42 Å². The molecule has 0 aliphatic carbocycles. The number of hydrogen-bond donors (Lipinski definition) is 0. The van der Waals surface area contributed by atoms with E-state index >= 15 is 0 Å². The average Bonchev–Trinajstić information content (AvgIpc) is 2.49. The number of hydrogen-bond acceptors (Lipinski definition) is 4. The highest BCUT2D eigenvalue weighted by Gasteiger charge is 2.22. The highest BCUT2D eigenvalue weighted by atomic mass is 32.2. The summed E-state index contributed by atoms with van der Waals surface area (Å²) in [6.45, 7) is 3.83. The summed E-state index contributed by atoms with van der Waals surface area (Å²) in [5, 5.41) is 0. The molecule has 0 atom stereocenters. The van der Waals surface area contributed by atoms with Gasteiger partial charge in [0.1, 0.15) is 5.82 Å². The lowest BCUT2D eigenvalue weighted by molar-refractivity contribution is 0.398. The Balaban J connectivity index is 2.44. The minimum Gasteiger partial charge on any atom is -0.481 e. The van der Waals surface area contributed by atoms with Crippen LogP contribution in [0.2, 0.25) is 0 Å². The molecular weight excluding hydrogens is 288 g/mol. The van der Waals surface area contributed by atoms with Gasteiger partial charge in [-0.1, -0.05) is 12.1 Å². The Kier molecular flexibility index (Phi) is 4.18. The zero-order valence-corrected chi connectivity index (χ0v) is 13.3. The molecule has 1 aromatic carbocycles. The first-order chi connectivity index (χ1) is 9.86. The van der Waals surface area contributed by atoms with Gasteiger partial charge in [-0.2, -0.15) is 4.98 Å². The van der Waals surface area contributed by atoms with Crippen LogP contribution in [0.5, 0.6) is 5.88 Å². The molecule has 0 aliphatic heterocycles. The number of aromatic nitrogens is 1. The van der Waals surface area contributed by atoms with Gasteiger partial charge < -0.3 is 4.74 Å². The second-order valence-electron chi connectivity index (χ2n) is 4.76. The van der Waals surface area contributed by atoms with Gasteiger partial charge in [0.05, 0.1) is 12.0 Å². The van der Waals surface area contributed by atoms with Crippen molar-refractivity contribution in [1.82, 2.24) is 4.98 Å². The molecule has 1 heterocycles. The Morgan fingerprint density at radius 3 is 2.43 bits per heavy atom. The molecular formula is C15H18N2O3S. The number of rotatable bonds is 4. The minimum absolute atomic E-state index is 0.248. The first-order valence-corrected chi connectivity index (χ1v) is 7.87. The van der Waals surface area contributed by atoms with Gasteiger partial charge in [0, 0.05) is 13.1 Å². The molecule has 0 saturated carbocycles. The van der Waals surface area contributed by atoms with Crippen LogP contribution in [-0.4, -0.2) is 27.6 Å². The summed E-state index contributed by atoms with van der Waals surface area (Å²) >= 11 is 0. The summed E-state index contributed by atoms with van der Waals surface area (Å²) in [5.74, 6) is 0.683. The van der Waals surface area contributed by atoms with Crippen molar-refractivity contribution in [1.29, 1.82) is 0 Å². The normalized spacial score (nSPS) is 11.2. The zero-order chi connectivity index (χ0) is 15.6. The van der Waals surface area contributed by atoms with Gasteiger partial charge in [-0.3, -0.25) is 4.31 Å². The molecule has 6 heteroatoms. The molecule has 1 aromatic heterocycles. The van der Waals surface area contributed by atoms with Crippen LogP contribution in [0, 0.1) is 13.8 Å². The summed E-state index contributed by atoms with van der Waals surface area (Å²) in [6, 6.07) is 10.1. The highest BCUT2D eigenvalue weighted by molar-refractivity contribution is 7.92. The molecule has 2 aromatic rings. The van der Waals surface area contributed by atoms with E-state index in [0.717, 1.165) is 15.4 Å². The third kappa shape index (κ3) is 3.00. The quantitative estimate of drug-likeness (QED) is 0.871. The van der Waals surface area contributed by atoms with Gasteiger partial charge in [0.15, 0.2) is 0 Å². The van der Waals surface area contributed by atoms with E-state index in [1.54, 1.807) is 36.4 Å². The van der Waals surface area contributed by atoms with E-state index < -0.39 is 10.0 Å². The second kappa shape index (κ2) is 5.73. The number of sulfonamides is 1. The number of anilines is 1. The van der Waals surface area contributed by atoms with Crippen LogP contribution in [0.25, 0.3) is 0 Å². The smallest absolute Gasteiger partial charge is 0.265 e. The van der Waals surface area contributed by atoms with Crippen molar-refractivity contribution in [2.45, 2.75) is 18.7 Å². The number of methoxy groups -OCH3 is 1. The van der Waals surface area contributed by atoms with Gasteiger partial charge in [-0.05, 0) is 43.2 Å². The van der Waals surface area contributed by atoms with Crippen LogP contribution in [-0.2, 0) is 10.0 Å². The molecule has 2 rings (SSSR count). The molecule has 0 bridgehead atoms. The summed E-state index contributed by atoms with van der Waals surface area (Å²) in [5.41, 5.74) is 1.99. The van der Waals surface area contributed by atoms with Crippen molar-refractivity contribution in [2.24, 2.45) is 0 Å². The average molecular weight is 306 g/mol. The Morgan fingerprint density at radius 2 is 1.81 bits per heavy atom. The summed E-state index contributed by atoms with van der Waals surface area (Å²) < 4.78 is 31.5. The predicted molar refractivity (Wildman–Crippen MR) is 82.3 cm³/mol. The van der Waals surface area contributed by atoms with E-state index in [2.05, 4.69) is 4.98 Å². The Labute approximate surface area is 125 Å². The van der Waals surface area contributed by atoms with Crippen LogP contribution in [0.4, 0.5) is 5.82 Å². The molecule has 0 fully saturated rings. The Morgan fingerprint density at radius 1 is 1.10 bits per heavy atom. The number of ether oxygens (including phenoxy) is 1. The molecule has 0 N–H and O–H groups in total. The molecule has 0 saturated heterocycles. The Bertz CT molecular complexity index is 757. The molecule has 0 spiro atoms. The van der Waals surface area contributed by atoms with Crippen LogP contribution >= 0.6 is 0 Å². The molecule has 0 radical (unpaired) electrons. The molecule has 21 heavy (non-hydrogen) atoms. The topological polar surface area (TPSA) is 59.5 Å². The van der Waals surface area contributed by atoms with Crippen molar-refractivity contribution >= 4 is 15.8 Å². The number of nitrogens with zero attached hydrogens (tertiary/aromatic N) is 2. The highest BCUT2D eigenvalue weighted by Crippen LogP contribution is 2.23. The minimum atomic E-state index is -3.64. The third-order valence-corrected chi connectivity index (χ3v) is 5.14. The maximum absolute atomic E-state index is 12.6. The number of pyridine rings is 1. The van der Waals surface area contributed by atoms with Crippen molar-refractivity contribution in [2.75, 3.05) is 18.5 Å². The Hall–Kier alpha value is -2.08. The van der Waals surface area contributed by atoms with Crippen LogP contribution in [0.1, 0.15) is 11.1 Å². The van der Waals surface area contributed by atoms with E-state index in [0.29, 0.717) is 11.7 Å². The van der Waals surface area contributed by atoms with Crippen molar-refractivity contribution in [3.05, 3.63) is 47.5 Å². The molecule has 0 unspecified atom stereocenters. The monoisotopic (exact) mass is 306 g/mol. The largest absolute Gasteiger partial charge is 0.481 e. The molecule has 112 valence electrons. The van der Waals surface area contributed by atoms with E-state index in [1.165, 1.54) is 14.2 Å². The fraction of sp³-hybridized carbons (Fsp3) is 0.267. The van der Waals surface area contributed by atoms with Crippen LogP contribution in [0.15, 0.2) is 41.3 Å². The van der Waals surface area contributed by atoms with Crippen molar-refractivity contribution in [3.63, 3.8) is 0 Å². The standard InChI is InChI=1S/C15H18N2O3S/c1-11-8-9-13(10-12(11)2)21(18,19)17(3)14-6-5-7-15(16-14)20-4/h5-10H,1-4H3. The van der Waals surface area contributed by atoms with Gasteiger partial charge in [-0.25, -0.2) is 8.42 Å². The summed E-state index contributed by atoms with van der Waals surface area (Å²) in [7, 11) is -0.673.